The van der Waals surface area contributed by atoms with Gasteiger partial charge in [-0.15, -0.1) is 0 Å². The number of rotatable bonds is 4. The lowest BCUT2D eigenvalue weighted by molar-refractivity contribution is -0.120. The van der Waals surface area contributed by atoms with E-state index in [2.05, 4.69) is 10.5 Å². The molecule has 3 nitrogen and oxygen atoms in total. The van der Waals surface area contributed by atoms with Crippen molar-refractivity contribution in [3.63, 3.8) is 0 Å². The quantitative estimate of drug-likeness (QED) is 0.653. The fourth-order valence-electron chi connectivity index (χ4n) is 3.50. The summed E-state index contributed by atoms with van der Waals surface area (Å²) < 4.78 is 0. The SMILES string of the molecule is O=C(Cc1ccccc1)N/N=C\[C@@H]1C[C@@H]2CC[C@@H]1C2. The second-order valence-corrected chi connectivity index (χ2v) is 5.81. The number of fused-ring (bicyclic) bond motifs is 2. The zero-order valence-electron chi connectivity index (χ0n) is 11.1. The Morgan fingerprint density at radius 3 is 2.79 bits per heavy atom. The van der Waals surface area contributed by atoms with Gasteiger partial charge in [-0.2, -0.15) is 5.10 Å². The van der Waals surface area contributed by atoms with Gasteiger partial charge in [0, 0.05) is 6.21 Å². The molecule has 0 saturated heterocycles. The van der Waals surface area contributed by atoms with E-state index in [0.717, 1.165) is 17.4 Å². The van der Waals surface area contributed by atoms with Crippen LogP contribution in [0.1, 0.15) is 31.2 Å². The highest BCUT2D eigenvalue weighted by atomic mass is 16.2. The standard InChI is InChI=1S/C16H20N2O/c19-16(10-12-4-2-1-3-5-12)18-17-11-15-9-13-6-7-14(15)8-13/h1-5,11,13-15H,6-10H2,(H,18,19)/b17-11-/t13-,14-,15+/m1/s1. The maximum atomic E-state index is 11.7. The predicted molar refractivity (Wildman–Crippen MR) is 75.7 cm³/mol. The number of nitrogens with one attached hydrogen (secondary N) is 1. The Hall–Kier alpha value is -1.64. The number of carbonyl (C=O) groups excluding carboxylic acids is 1. The van der Waals surface area contributed by atoms with Gasteiger partial charge in [-0.05, 0) is 42.6 Å². The number of hydrogen-bond acceptors (Lipinski definition) is 2. The minimum atomic E-state index is -0.0365. The highest BCUT2D eigenvalue weighted by molar-refractivity contribution is 5.79. The van der Waals surface area contributed by atoms with Gasteiger partial charge in [0.05, 0.1) is 6.42 Å². The Kier molecular flexibility index (Phi) is 3.62. The van der Waals surface area contributed by atoms with Crippen molar-refractivity contribution in [2.45, 2.75) is 32.1 Å². The molecule has 0 unspecified atom stereocenters. The Balaban J connectivity index is 1.46. The summed E-state index contributed by atoms with van der Waals surface area (Å²) in [5, 5.41) is 4.14. The van der Waals surface area contributed by atoms with Crippen LogP contribution in [-0.2, 0) is 11.2 Å². The zero-order chi connectivity index (χ0) is 13.1. The predicted octanol–water partition coefficient (Wildman–Crippen LogP) is 2.77. The lowest BCUT2D eigenvalue weighted by atomic mass is 9.90. The minimum Gasteiger partial charge on any atom is -0.273 e. The third-order valence-corrected chi connectivity index (χ3v) is 4.46. The van der Waals surface area contributed by atoms with E-state index in [9.17, 15) is 4.79 Å². The van der Waals surface area contributed by atoms with Gasteiger partial charge in [0.15, 0.2) is 0 Å². The van der Waals surface area contributed by atoms with Crippen LogP contribution in [0.2, 0.25) is 0 Å². The van der Waals surface area contributed by atoms with Crippen LogP contribution in [0.3, 0.4) is 0 Å². The fourth-order valence-corrected chi connectivity index (χ4v) is 3.50. The monoisotopic (exact) mass is 256 g/mol. The topological polar surface area (TPSA) is 41.5 Å². The average Bonchev–Trinajstić information content (AvgIpc) is 3.02. The van der Waals surface area contributed by atoms with Gasteiger partial charge in [0.25, 0.3) is 0 Å². The number of amides is 1. The molecule has 2 saturated carbocycles. The van der Waals surface area contributed by atoms with Crippen LogP contribution in [-0.4, -0.2) is 12.1 Å². The van der Waals surface area contributed by atoms with Gasteiger partial charge in [0.1, 0.15) is 0 Å². The molecule has 100 valence electrons. The Labute approximate surface area is 114 Å². The van der Waals surface area contributed by atoms with Crippen molar-refractivity contribution < 1.29 is 4.79 Å². The largest absolute Gasteiger partial charge is 0.273 e. The molecule has 19 heavy (non-hydrogen) atoms. The van der Waals surface area contributed by atoms with Crippen molar-refractivity contribution >= 4 is 12.1 Å². The molecular formula is C16H20N2O. The first-order valence-electron chi connectivity index (χ1n) is 7.17. The molecule has 1 amide bonds. The van der Waals surface area contributed by atoms with Gasteiger partial charge in [-0.25, -0.2) is 5.43 Å². The molecule has 0 heterocycles. The average molecular weight is 256 g/mol. The molecule has 2 aliphatic rings. The molecule has 2 bridgehead atoms. The first-order chi connectivity index (χ1) is 9.31. The van der Waals surface area contributed by atoms with Crippen molar-refractivity contribution in [3.8, 4) is 0 Å². The van der Waals surface area contributed by atoms with E-state index in [1.54, 1.807) is 0 Å². The van der Waals surface area contributed by atoms with E-state index < -0.39 is 0 Å². The summed E-state index contributed by atoms with van der Waals surface area (Å²) in [5.74, 6) is 2.29. The van der Waals surface area contributed by atoms with Gasteiger partial charge in [-0.1, -0.05) is 36.8 Å². The third-order valence-electron chi connectivity index (χ3n) is 4.46. The molecule has 0 aliphatic heterocycles. The van der Waals surface area contributed by atoms with Crippen molar-refractivity contribution in [1.29, 1.82) is 0 Å². The second-order valence-electron chi connectivity index (χ2n) is 5.81. The summed E-state index contributed by atoms with van der Waals surface area (Å²) in [6, 6.07) is 9.76. The summed E-state index contributed by atoms with van der Waals surface area (Å²) in [7, 11) is 0. The van der Waals surface area contributed by atoms with Gasteiger partial charge >= 0.3 is 0 Å². The molecular weight excluding hydrogens is 236 g/mol. The first-order valence-corrected chi connectivity index (χ1v) is 7.17. The van der Waals surface area contributed by atoms with Crippen LogP contribution < -0.4 is 5.43 Å². The van der Waals surface area contributed by atoms with Gasteiger partial charge < -0.3 is 0 Å². The molecule has 3 rings (SSSR count). The highest BCUT2D eigenvalue weighted by Gasteiger charge is 2.38. The maximum absolute atomic E-state index is 11.7. The lowest BCUT2D eigenvalue weighted by Crippen LogP contribution is -2.21. The van der Waals surface area contributed by atoms with Gasteiger partial charge in [-0.3, -0.25) is 4.79 Å². The minimum absolute atomic E-state index is 0.0365. The van der Waals surface area contributed by atoms with Crippen LogP contribution in [0.25, 0.3) is 0 Å². The van der Waals surface area contributed by atoms with Crippen LogP contribution in [0, 0.1) is 17.8 Å². The fraction of sp³-hybridized carbons (Fsp3) is 0.500. The van der Waals surface area contributed by atoms with Crippen molar-refractivity contribution in [3.05, 3.63) is 35.9 Å². The first kappa shape index (κ1) is 12.4. The van der Waals surface area contributed by atoms with Crippen molar-refractivity contribution in [2.24, 2.45) is 22.9 Å². The van der Waals surface area contributed by atoms with E-state index in [4.69, 9.17) is 0 Å². The van der Waals surface area contributed by atoms with Gasteiger partial charge in [0.2, 0.25) is 5.91 Å². The van der Waals surface area contributed by atoms with Crippen LogP contribution in [0.15, 0.2) is 35.4 Å². The summed E-state index contributed by atoms with van der Waals surface area (Å²) >= 11 is 0. The van der Waals surface area contributed by atoms with Crippen molar-refractivity contribution in [1.82, 2.24) is 5.43 Å². The molecule has 2 aliphatic carbocycles. The third kappa shape index (κ3) is 3.03. The number of hydrazone groups is 1. The van der Waals surface area contributed by atoms with Crippen LogP contribution >= 0.6 is 0 Å². The van der Waals surface area contributed by atoms with Crippen LogP contribution in [0.5, 0.6) is 0 Å². The molecule has 1 aromatic carbocycles. The number of hydrogen-bond donors (Lipinski definition) is 1. The molecule has 0 radical (unpaired) electrons. The summed E-state index contributed by atoms with van der Waals surface area (Å²) in [6.07, 6.45) is 7.74. The normalized spacial score (nSPS) is 28.9. The Bertz CT molecular complexity index is 469. The van der Waals surface area contributed by atoms with E-state index in [1.165, 1.54) is 25.7 Å². The van der Waals surface area contributed by atoms with Crippen molar-refractivity contribution in [2.75, 3.05) is 0 Å². The molecule has 2 fully saturated rings. The molecule has 3 atom stereocenters. The molecule has 0 aromatic heterocycles. The molecule has 3 heteroatoms. The zero-order valence-corrected chi connectivity index (χ0v) is 11.1. The summed E-state index contributed by atoms with van der Waals surface area (Å²) in [5.41, 5.74) is 3.67. The smallest absolute Gasteiger partial charge is 0.244 e. The van der Waals surface area contributed by atoms with E-state index >= 15 is 0 Å². The lowest BCUT2D eigenvalue weighted by Gasteiger charge is -2.16. The number of carbonyl (C=O) groups is 1. The van der Waals surface area contributed by atoms with Crippen LogP contribution in [0.4, 0.5) is 0 Å². The van der Waals surface area contributed by atoms with E-state index in [0.29, 0.717) is 12.3 Å². The maximum Gasteiger partial charge on any atom is 0.244 e. The Morgan fingerprint density at radius 2 is 2.11 bits per heavy atom. The number of benzene rings is 1. The highest BCUT2D eigenvalue weighted by Crippen LogP contribution is 2.47. The Morgan fingerprint density at radius 1 is 1.26 bits per heavy atom. The number of nitrogens with zero attached hydrogens (tertiary/aromatic N) is 1. The summed E-state index contributed by atoms with van der Waals surface area (Å²) in [6.45, 7) is 0. The molecule has 1 aromatic rings. The molecule has 0 spiro atoms. The molecule has 1 N–H and O–H groups in total. The van der Waals surface area contributed by atoms with E-state index in [-0.39, 0.29) is 5.91 Å². The summed E-state index contributed by atoms with van der Waals surface area (Å²) in [4.78, 5) is 11.7. The van der Waals surface area contributed by atoms with E-state index in [1.807, 2.05) is 36.5 Å². The second kappa shape index (κ2) is 5.55.